The maximum absolute atomic E-state index is 13.0. The molecule has 0 radical (unpaired) electrons. The Balaban J connectivity index is 1.79. The summed E-state index contributed by atoms with van der Waals surface area (Å²) in [6, 6.07) is 9.02. The normalized spacial score (nSPS) is 17.6. The smallest absolute Gasteiger partial charge is 0.270 e. The second kappa shape index (κ2) is 6.15. The lowest BCUT2D eigenvalue weighted by atomic mass is 10.2. The number of benzene rings is 1. The molecular weight excluding hydrogens is 305 g/mol. The first-order chi connectivity index (χ1) is 10.6. The highest BCUT2D eigenvalue weighted by Gasteiger charge is 2.34. The number of carbonyl (C=O) groups excluding carboxylic acids is 2. The zero-order chi connectivity index (χ0) is 15.5. The lowest BCUT2D eigenvalue weighted by Gasteiger charge is -2.24. The lowest BCUT2D eigenvalue weighted by molar-refractivity contribution is -0.130. The number of nitrogens with one attached hydrogen (secondary N) is 1. The van der Waals surface area contributed by atoms with E-state index in [4.69, 9.17) is 0 Å². The highest BCUT2D eigenvalue weighted by Crippen LogP contribution is 2.37. The van der Waals surface area contributed by atoms with Crippen LogP contribution in [0.25, 0.3) is 0 Å². The molecule has 3 rings (SSSR count). The number of amides is 2. The van der Waals surface area contributed by atoms with Gasteiger partial charge >= 0.3 is 0 Å². The second-order valence-electron chi connectivity index (χ2n) is 4.66. The molecule has 22 heavy (non-hydrogen) atoms. The third kappa shape index (κ3) is 2.94. The molecule has 2 aromatic rings. The first-order valence-corrected chi connectivity index (χ1v) is 7.60. The van der Waals surface area contributed by atoms with Crippen molar-refractivity contribution >= 4 is 23.6 Å². The van der Waals surface area contributed by atoms with Crippen LogP contribution >= 0.6 is 11.8 Å². The van der Waals surface area contributed by atoms with Crippen molar-refractivity contribution in [3.8, 4) is 0 Å². The Morgan fingerprint density at radius 3 is 2.59 bits per heavy atom. The molecule has 1 aromatic carbocycles. The van der Waals surface area contributed by atoms with Crippen LogP contribution < -0.4 is 5.43 Å². The van der Waals surface area contributed by atoms with E-state index in [1.54, 1.807) is 24.3 Å². The number of hydrazine groups is 1. The van der Waals surface area contributed by atoms with Gasteiger partial charge in [-0.15, -0.1) is 11.8 Å². The molecule has 2 amide bonds. The molecule has 1 fully saturated rings. The van der Waals surface area contributed by atoms with Gasteiger partial charge in [0.15, 0.2) is 0 Å². The predicted molar refractivity (Wildman–Crippen MR) is 80.1 cm³/mol. The molecule has 0 spiro atoms. The number of hydrogen-bond acceptors (Lipinski definition) is 4. The van der Waals surface area contributed by atoms with Crippen molar-refractivity contribution in [3.05, 3.63) is 65.7 Å². The fourth-order valence-electron chi connectivity index (χ4n) is 2.10. The molecule has 5 nitrogen and oxygen atoms in total. The van der Waals surface area contributed by atoms with Gasteiger partial charge in [0.05, 0.1) is 5.75 Å². The van der Waals surface area contributed by atoms with Crippen LogP contribution in [0.1, 0.15) is 21.3 Å². The number of rotatable bonds is 3. The molecule has 2 heterocycles. The Morgan fingerprint density at radius 1 is 1.23 bits per heavy atom. The van der Waals surface area contributed by atoms with E-state index in [1.807, 2.05) is 0 Å². The van der Waals surface area contributed by atoms with Crippen molar-refractivity contribution in [2.75, 3.05) is 5.75 Å². The Labute approximate surface area is 130 Å². The van der Waals surface area contributed by atoms with Crippen molar-refractivity contribution in [1.82, 2.24) is 15.4 Å². The van der Waals surface area contributed by atoms with Crippen LogP contribution in [0.15, 0.2) is 48.8 Å². The van der Waals surface area contributed by atoms with Crippen molar-refractivity contribution in [3.63, 3.8) is 0 Å². The number of thioether (sulfide) groups is 1. The van der Waals surface area contributed by atoms with Gasteiger partial charge in [0, 0.05) is 18.0 Å². The highest BCUT2D eigenvalue weighted by molar-refractivity contribution is 8.00. The Kier molecular flexibility index (Phi) is 4.06. The molecule has 1 unspecified atom stereocenters. The maximum Gasteiger partial charge on any atom is 0.270 e. The van der Waals surface area contributed by atoms with Gasteiger partial charge < -0.3 is 0 Å². The number of carbonyl (C=O) groups is 2. The van der Waals surface area contributed by atoms with Crippen molar-refractivity contribution in [2.45, 2.75) is 5.37 Å². The van der Waals surface area contributed by atoms with Crippen LogP contribution in [0.2, 0.25) is 0 Å². The molecule has 1 aliphatic rings. The summed E-state index contributed by atoms with van der Waals surface area (Å²) in [5, 5.41) is 0.930. The van der Waals surface area contributed by atoms with Crippen LogP contribution in [0.4, 0.5) is 4.39 Å². The maximum atomic E-state index is 13.0. The first kappa shape index (κ1) is 14.5. The van der Waals surface area contributed by atoms with Gasteiger partial charge in [-0.25, -0.2) is 9.40 Å². The third-order valence-electron chi connectivity index (χ3n) is 3.19. The summed E-state index contributed by atoms with van der Waals surface area (Å²) in [5.74, 6) is -0.656. The minimum absolute atomic E-state index is 0.193. The summed E-state index contributed by atoms with van der Waals surface area (Å²) in [4.78, 5) is 28.0. The highest BCUT2D eigenvalue weighted by atomic mass is 32.2. The topological polar surface area (TPSA) is 62.3 Å². The van der Waals surface area contributed by atoms with E-state index in [-0.39, 0.29) is 28.8 Å². The number of pyridine rings is 1. The van der Waals surface area contributed by atoms with Gasteiger partial charge in [-0.3, -0.25) is 20.0 Å². The SMILES string of the molecule is O=C(NN1C(=O)CSC1c1ccc(F)cc1)c1ccncc1. The van der Waals surface area contributed by atoms with Crippen LogP contribution in [0, 0.1) is 5.82 Å². The van der Waals surface area contributed by atoms with Gasteiger partial charge in [0.2, 0.25) is 0 Å². The summed E-state index contributed by atoms with van der Waals surface area (Å²) in [5.41, 5.74) is 3.78. The molecule has 0 bridgehead atoms. The Bertz CT molecular complexity index is 694. The lowest BCUT2D eigenvalue weighted by Crippen LogP contribution is -2.44. The zero-order valence-electron chi connectivity index (χ0n) is 11.4. The van der Waals surface area contributed by atoms with E-state index in [2.05, 4.69) is 10.4 Å². The summed E-state index contributed by atoms with van der Waals surface area (Å²) < 4.78 is 13.0. The van der Waals surface area contributed by atoms with E-state index in [0.717, 1.165) is 5.56 Å². The van der Waals surface area contributed by atoms with Crippen molar-refractivity contribution in [2.24, 2.45) is 0 Å². The molecule has 0 saturated carbocycles. The minimum Gasteiger partial charge on any atom is -0.272 e. The summed E-state index contributed by atoms with van der Waals surface area (Å²) in [7, 11) is 0. The van der Waals surface area contributed by atoms with Crippen LogP contribution in [0.5, 0.6) is 0 Å². The second-order valence-corrected chi connectivity index (χ2v) is 5.72. The van der Waals surface area contributed by atoms with Crippen molar-refractivity contribution < 1.29 is 14.0 Å². The number of hydrogen-bond donors (Lipinski definition) is 1. The zero-order valence-corrected chi connectivity index (χ0v) is 12.2. The minimum atomic E-state index is -0.384. The molecule has 1 aromatic heterocycles. The fraction of sp³-hybridized carbons (Fsp3) is 0.133. The Morgan fingerprint density at radius 2 is 1.91 bits per heavy atom. The standard InChI is InChI=1S/C15H12FN3O2S/c16-12-3-1-11(2-4-12)15-19(13(20)9-22-15)18-14(21)10-5-7-17-8-6-10/h1-8,15H,9H2,(H,18,21). The predicted octanol–water partition coefficient (Wildman–Crippen LogP) is 2.14. The molecule has 1 N–H and O–H groups in total. The number of nitrogens with zero attached hydrogens (tertiary/aromatic N) is 2. The number of aromatic nitrogens is 1. The van der Waals surface area contributed by atoms with Gasteiger partial charge in [-0.2, -0.15) is 0 Å². The van der Waals surface area contributed by atoms with Gasteiger partial charge in [-0.05, 0) is 29.8 Å². The largest absolute Gasteiger partial charge is 0.272 e. The monoisotopic (exact) mass is 317 g/mol. The summed E-state index contributed by atoms with van der Waals surface area (Å²) >= 11 is 1.38. The van der Waals surface area contributed by atoms with Gasteiger partial charge in [-0.1, -0.05) is 12.1 Å². The van der Waals surface area contributed by atoms with Gasteiger partial charge in [0.25, 0.3) is 11.8 Å². The molecule has 112 valence electrons. The molecule has 1 aliphatic heterocycles. The van der Waals surface area contributed by atoms with E-state index in [9.17, 15) is 14.0 Å². The molecule has 1 atom stereocenters. The van der Waals surface area contributed by atoms with E-state index < -0.39 is 0 Å². The van der Waals surface area contributed by atoms with Crippen molar-refractivity contribution in [1.29, 1.82) is 0 Å². The van der Waals surface area contributed by atoms with Crippen LogP contribution in [0.3, 0.4) is 0 Å². The van der Waals surface area contributed by atoms with E-state index >= 15 is 0 Å². The summed E-state index contributed by atoms with van der Waals surface area (Å²) in [6.07, 6.45) is 3.01. The molecule has 0 aliphatic carbocycles. The average Bonchev–Trinajstić information content (AvgIpc) is 2.90. The third-order valence-corrected chi connectivity index (χ3v) is 4.40. The first-order valence-electron chi connectivity index (χ1n) is 6.55. The molecule has 7 heteroatoms. The summed E-state index contributed by atoms with van der Waals surface area (Å²) in [6.45, 7) is 0. The van der Waals surface area contributed by atoms with Crippen LogP contribution in [-0.4, -0.2) is 27.6 Å². The van der Waals surface area contributed by atoms with E-state index in [0.29, 0.717) is 5.56 Å². The Hall–Kier alpha value is -2.41. The molecule has 1 saturated heterocycles. The fourth-order valence-corrected chi connectivity index (χ4v) is 3.20. The molecular formula is C15H12FN3O2S. The van der Waals surface area contributed by atoms with E-state index in [1.165, 1.54) is 41.3 Å². The quantitative estimate of drug-likeness (QED) is 0.942. The van der Waals surface area contributed by atoms with Gasteiger partial charge in [0.1, 0.15) is 11.2 Å². The number of halogens is 1. The average molecular weight is 317 g/mol. The van der Waals surface area contributed by atoms with Crippen LogP contribution in [-0.2, 0) is 4.79 Å².